The Hall–Kier alpha value is -2.47. The molecule has 2 aromatic rings. The number of aryl methyl sites for hydroxylation is 2. The summed E-state index contributed by atoms with van der Waals surface area (Å²) in [5.41, 5.74) is 3.18. The van der Waals surface area contributed by atoms with Crippen molar-refractivity contribution in [3.8, 4) is 11.3 Å². The first-order chi connectivity index (χ1) is 10.5. The van der Waals surface area contributed by atoms with Crippen molar-refractivity contribution >= 4 is 5.91 Å². The molecule has 0 radical (unpaired) electrons. The fourth-order valence-electron chi connectivity index (χ4n) is 1.99. The average molecular weight is 301 g/mol. The number of hydrogen-bond acceptors (Lipinski definition) is 4. The van der Waals surface area contributed by atoms with Crippen molar-refractivity contribution in [1.29, 1.82) is 0 Å². The summed E-state index contributed by atoms with van der Waals surface area (Å²) in [5.74, 6) is -0.360. The lowest BCUT2D eigenvalue weighted by molar-refractivity contribution is 0.0931. The van der Waals surface area contributed by atoms with Gasteiger partial charge in [-0.15, -0.1) is 0 Å². The van der Waals surface area contributed by atoms with Crippen molar-refractivity contribution in [3.05, 3.63) is 51.6 Å². The minimum Gasteiger partial charge on any atom is -0.383 e. The second kappa shape index (κ2) is 7.00. The van der Waals surface area contributed by atoms with E-state index in [2.05, 4.69) is 15.3 Å². The molecule has 2 rings (SSSR count). The fraction of sp³-hybridized carbons (Fsp3) is 0.312. The molecule has 1 aromatic heterocycles. The molecule has 22 heavy (non-hydrogen) atoms. The molecule has 1 heterocycles. The summed E-state index contributed by atoms with van der Waals surface area (Å²) >= 11 is 0. The predicted molar refractivity (Wildman–Crippen MR) is 84.0 cm³/mol. The van der Waals surface area contributed by atoms with Gasteiger partial charge in [0.05, 0.1) is 12.3 Å². The maximum atomic E-state index is 12.0. The number of H-pyrrole nitrogens is 1. The van der Waals surface area contributed by atoms with E-state index in [0.717, 1.165) is 16.7 Å². The summed E-state index contributed by atoms with van der Waals surface area (Å²) < 4.78 is 4.87. The Morgan fingerprint density at radius 1 is 1.27 bits per heavy atom. The Morgan fingerprint density at radius 3 is 2.73 bits per heavy atom. The summed E-state index contributed by atoms with van der Waals surface area (Å²) in [6.45, 7) is 4.78. The van der Waals surface area contributed by atoms with E-state index in [1.54, 1.807) is 13.2 Å². The number of ether oxygens (including phenoxy) is 1. The third kappa shape index (κ3) is 3.79. The molecule has 0 aliphatic heterocycles. The molecule has 1 aromatic carbocycles. The minimum atomic E-state index is -0.549. The first-order valence-electron chi connectivity index (χ1n) is 6.97. The molecule has 0 aliphatic carbocycles. The summed E-state index contributed by atoms with van der Waals surface area (Å²) in [6.07, 6.45) is 0. The van der Waals surface area contributed by atoms with E-state index >= 15 is 0 Å². The van der Waals surface area contributed by atoms with Crippen molar-refractivity contribution in [1.82, 2.24) is 15.3 Å². The predicted octanol–water partition coefficient (Wildman–Crippen LogP) is 1.43. The number of benzene rings is 1. The molecular weight excluding hydrogens is 282 g/mol. The van der Waals surface area contributed by atoms with Crippen LogP contribution in [0.3, 0.4) is 0 Å². The van der Waals surface area contributed by atoms with Gasteiger partial charge >= 0.3 is 5.69 Å². The number of aromatic amines is 1. The normalized spacial score (nSPS) is 10.5. The van der Waals surface area contributed by atoms with Crippen molar-refractivity contribution in [2.24, 2.45) is 0 Å². The monoisotopic (exact) mass is 301 g/mol. The van der Waals surface area contributed by atoms with Crippen LogP contribution >= 0.6 is 0 Å². The van der Waals surface area contributed by atoms with Crippen molar-refractivity contribution in [3.63, 3.8) is 0 Å². The van der Waals surface area contributed by atoms with Crippen LogP contribution in [0.5, 0.6) is 0 Å². The standard InChI is InChI=1S/C16H19N3O3/c1-10-4-5-12(8-11(10)2)13-9-14(19-16(21)18-13)15(20)17-6-7-22-3/h4-5,8-9H,6-7H2,1-3H3,(H,17,20)(H,18,19,21). The molecular formula is C16H19N3O3. The molecule has 0 aliphatic rings. The van der Waals surface area contributed by atoms with Crippen LogP contribution in [0.2, 0.25) is 0 Å². The molecule has 6 heteroatoms. The highest BCUT2D eigenvalue weighted by molar-refractivity contribution is 5.93. The van der Waals surface area contributed by atoms with Crippen molar-refractivity contribution in [2.45, 2.75) is 13.8 Å². The maximum Gasteiger partial charge on any atom is 0.346 e. The van der Waals surface area contributed by atoms with Gasteiger partial charge in [0.2, 0.25) is 0 Å². The molecule has 116 valence electrons. The maximum absolute atomic E-state index is 12.0. The van der Waals surface area contributed by atoms with Gasteiger partial charge in [-0.25, -0.2) is 4.79 Å². The van der Waals surface area contributed by atoms with E-state index < -0.39 is 5.69 Å². The zero-order valence-corrected chi connectivity index (χ0v) is 12.9. The Kier molecular flexibility index (Phi) is 5.06. The van der Waals surface area contributed by atoms with Crippen LogP contribution in [-0.2, 0) is 4.74 Å². The quantitative estimate of drug-likeness (QED) is 0.818. The Bertz CT molecular complexity index is 738. The van der Waals surface area contributed by atoms with E-state index in [0.29, 0.717) is 18.8 Å². The van der Waals surface area contributed by atoms with Crippen LogP contribution < -0.4 is 11.0 Å². The number of carbonyl (C=O) groups is 1. The number of carbonyl (C=O) groups excluding carboxylic acids is 1. The third-order valence-electron chi connectivity index (χ3n) is 3.38. The van der Waals surface area contributed by atoms with Crippen molar-refractivity contribution < 1.29 is 9.53 Å². The van der Waals surface area contributed by atoms with E-state index in [1.165, 1.54) is 0 Å². The van der Waals surface area contributed by atoms with Gasteiger partial charge in [-0.05, 0) is 37.1 Å². The number of hydrogen-bond donors (Lipinski definition) is 2. The number of aromatic nitrogens is 2. The minimum absolute atomic E-state index is 0.185. The van der Waals surface area contributed by atoms with Crippen LogP contribution in [0.4, 0.5) is 0 Å². The van der Waals surface area contributed by atoms with Crippen LogP contribution in [-0.4, -0.2) is 36.1 Å². The van der Waals surface area contributed by atoms with Crippen LogP contribution in [0.1, 0.15) is 21.6 Å². The lowest BCUT2D eigenvalue weighted by Crippen LogP contribution is -2.29. The van der Waals surface area contributed by atoms with Crippen molar-refractivity contribution in [2.75, 3.05) is 20.3 Å². The topological polar surface area (TPSA) is 84.1 Å². The molecule has 0 fully saturated rings. The van der Waals surface area contributed by atoms with Crippen LogP contribution in [0.25, 0.3) is 11.3 Å². The second-order valence-electron chi connectivity index (χ2n) is 5.03. The summed E-state index contributed by atoms with van der Waals surface area (Å²) in [4.78, 5) is 30.1. The molecule has 0 unspecified atom stereocenters. The smallest absolute Gasteiger partial charge is 0.346 e. The van der Waals surface area contributed by atoms with E-state index in [1.807, 2.05) is 32.0 Å². The fourth-order valence-corrected chi connectivity index (χ4v) is 1.99. The van der Waals surface area contributed by atoms with Gasteiger partial charge in [-0.2, -0.15) is 4.98 Å². The third-order valence-corrected chi connectivity index (χ3v) is 3.38. The highest BCUT2D eigenvalue weighted by Gasteiger charge is 2.10. The van der Waals surface area contributed by atoms with Crippen LogP contribution in [0, 0.1) is 13.8 Å². The zero-order valence-electron chi connectivity index (χ0n) is 12.9. The molecule has 2 N–H and O–H groups in total. The SMILES string of the molecule is COCCNC(=O)c1cc(-c2ccc(C)c(C)c2)nc(=O)[nH]1. The summed E-state index contributed by atoms with van der Waals surface area (Å²) in [5, 5.41) is 2.66. The molecule has 0 bridgehead atoms. The average Bonchev–Trinajstić information content (AvgIpc) is 2.49. The van der Waals surface area contributed by atoms with Gasteiger partial charge in [0.1, 0.15) is 5.69 Å². The Labute approximate surface area is 128 Å². The molecule has 1 amide bonds. The van der Waals surface area contributed by atoms with Gasteiger partial charge in [0.25, 0.3) is 5.91 Å². The highest BCUT2D eigenvalue weighted by atomic mass is 16.5. The molecule has 0 atom stereocenters. The van der Waals surface area contributed by atoms with E-state index in [9.17, 15) is 9.59 Å². The van der Waals surface area contributed by atoms with E-state index in [-0.39, 0.29) is 11.6 Å². The largest absolute Gasteiger partial charge is 0.383 e. The number of amides is 1. The summed E-state index contributed by atoms with van der Waals surface area (Å²) in [7, 11) is 1.55. The molecule has 0 spiro atoms. The van der Waals surface area contributed by atoms with Gasteiger partial charge in [0.15, 0.2) is 0 Å². The first kappa shape index (κ1) is 15.9. The lowest BCUT2D eigenvalue weighted by Gasteiger charge is -2.07. The molecule has 0 saturated carbocycles. The second-order valence-corrected chi connectivity index (χ2v) is 5.03. The van der Waals surface area contributed by atoms with E-state index in [4.69, 9.17) is 4.74 Å². The number of nitrogens with zero attached hydrogens (tertiary/aromatic N) is 1. The number of nitrogens with one attached hydrogen (secondary N) is 2. The Balaban J connectivity index is 2.32. The first-order valence-corrected chi connectivity index (χ1v) is 6.97. The zero-order chi connectivity index (χ0) is 16.1. The van der Waals surface area contributed by atoms with Gasteiger partial charge in [-0.3, -0.25) is 4.79 Å². The number of methoxy groups -OCH3 is 1. The van der Waals surface area contributed by atoms with Gasteiger partial charge in [-0.1, -0.05) is 12.1 Å². The lowest BCUT2D eigenvalue weighted by atomic mass is 10.0. The molecule has 6 nitrogen and oxygen atoms in total. The highest BCUT2D eigenvalue weighted by Crippen LogP contribution is 2.19. The molecule has 0 saturated heterocycles. The van der Waals surface area contributed by atoms with Gasteiger partial charge in [0, 0.05) is 19.2 Å². The van der Waals surface area contributed by atoms with Crippen LogP contribution in [0.15, 0.2) is 29.1 Å². The Morgan fingerprint density at radius 2 is 2.05 bits per heavy atom. The summed E-state index contributed by atoms with van der Waals surface area (Å²) in [6, 6.07) is 7.37. The van der Waals surface area contributed by atoms with Gasteiger partial charge < -0.3 is 15.0 Å². The number of rotatable bonds is 5.